The first-order valence-corrected chi connectivity index (χ1v) is 3.33. The van der Waals surface area contributed by atoms with Gasteiger partial charge in [0.1, 0.15) is 0 Å². The van der Waals surface area contributed by atoms with Gasteiger partial charge in [0.15, 0.2) is 0 Å². The van der Waals surface area contributed by atoms with Crippen molar-refractivity contribution in [3.63, 3.8) is 0 Å². The Bertz CT molecular complexity index is 69.3. The lowest BCUT2D eigenvalue weighted by molar-refractivity contribution is 0.477. The van der Waals surface area contributed by atoms with E-state index in [0.717, 1.165) is 19.3 Å². The lowest BCUT2D eigenvalue weighted by atomic mass is 10.0. The molecule has 0 rings (SSSR count). The average molecular weight is 128 g/mol. The van der Waals surface area contributed by atoms with E-state index >= 15 is 0 Å². The molecule has 0 spiro atoms. The molecule has 0 aromatic heterocycles. The van der Waals surface area contributed by atoms with Crippen LogP contribution in [0.5, 0.6) is 0 Å². The second-order valence-electron chi connectivity index (χ2n) is 2.31. The van der Waals surface area contributed by atoms with Crippen LogP contribution < -0.4 is 11.5 Å². The standard InChI is InChI=1S/C7H16N2/c1-3-5-6-7(8,9)4-2/h6H,1,3-5,8-9H2,2H3. The zero-order valence-corrected chi connectivity index (χ0v) is 6.06. The molecule has 0 aliphatic carbocycles. The average Bonchev–Trinajstić information content (AvgIpc) is 1.84. The third-order valence-electron chi connectivity index (χ3n) is 1.34. The number of nitrogens with two attached hydrogens (primary N) is 2. The topological polar surface area (TPSA) is 52.0 Å². The van der Waals surface area contributed by atoms with E-state index in [2.05, 4.69) is 6.92 Å². The Morgan fingerprint density at radius 1 is 1.56 bits per heavy atom. The van der Waals surface area contributed by atoms with Crippen molar-refractivity contribution in [2.45, 2.75) is 31.8 Å². The van der Waals surface area contributed by atoms with Gasteiger partial charge < -0.3 is 11.5 Å². The Kier molecular flexibility index (Phi) is 3.82. The fraction of sp³-hybridized carbons (Fsp3) is 0.714. The molecule has 2 radical (unpaired) electrons. The second-order valence-corrected chi connectivity index (χ2v) is 2.31. The molecule has 0 aliphatic rings. The molecule has 0 heterocycles. The molecule has 9 heavy (non-hydrogen) atoms. The fourth-order valence-electron chi connectivity index (χ4n) is 0.515. The highest BCUT2D eigenvalue weighted by Crippen LogP contribution is 2.06. The molecule has 2 nitrogen and oxygen atoms in total. The van der Waals surface area contributed by atoms with E-state index in [-0.39, 0.29) is 0 Å². The summed E-state index contributed by atoms with van der Waals surface area (Å²) in [5.74, 6) is 0. The van der Waals surface area contributed by atoms with Crippen LogP contribution in [-0.2, 0) is 0 Å². The summed E-state index contributed by atoms with van der Waals surface area (Å²) in [6.45, 7) is 5.65. The van der Waals surface area contributed by atoms with Gasteiger partial charge in [0.05, 0.1) is 5.66 Å². The summed E-state index contributed by atoms with van der Waals surface area (Å²) in [5.41, 5.74) is 10.6. The molecule has 54 valence electrons. The molecular weight excluding hydrogens is 112 g/mol. The van der Waals surface area contributed by atoms with E-state index in [1.165, 1.54) is 0 Å². The number of hydrogen-bond acceptors (Lipinski definition) is 2. The first kappa shape index (κ1) is 8.92. The van der Waals surface area contributed by atoms with Crippen molar-refractivity contribution in [1.29, 1.82) is 0 Å². The summed E-state index contributed by atoms with van der Waals surface area (Å²) in [6.07, 6.45) is 4.48. The SMILES string of the molecule is [CH2]CC[CH]C(N)(N)CC. The van der Waals surface area contributed by atoms with Crippen LogP contribution in [0.25, 0.3) is 0 Å². The third-order valence-corrected chi connectivity index (χ3v) is 1.34. The summed E-state index contributed by atoms with van der Waals surface area (Å²) < 4.78 is 0. The van der Waals surface area contributed by atoms with Gasteiger partial charge >= 0.3 is 0 Å². The van der Waals surface area contributed by atoms with Crippen LogP contribution in [0.4, 0.5) is 0 Å². The summed E-state index contributed by atoms with van der Waals surface area (Å²) >= 11 is 0. The van der Waals surface area contributed by atoms with E-state index in [1.807, 2.05) is 13.3 Å². The molecule has 0 amide bonds. The maximum absolute atomic E-state index is 5.60. The van der Waals surface area contributed by atoms with Gasteiger partial charge in [-0.1, -0.05) is 20.3 Å². The monoisotopic (exact) mass is 128 g/mol. The van der Waals surface area contributed by atoms with E-state index in [4.69, 9.17) is 11.5 Å². The van der Waals surface area contributed by atoms with Crippen LogP contribution in [0, 0.1) is 13.3 Å². The molecule has 0 saturated heterocycles. The highest BCUT2D eigenvalue weighted by molar-refractivity contribution is 4.90. The van der Waals surface area contributed by atoms with E-state index in [9.17, 15) is 0 Å². The zero-order valence-electron chi connectivity index (χ0n) is 6.06. The molecule has 0 fully saturated rings. The van der Waals surface area contributed by atoms with E-state index < -0.39 is 5.66 Å². The highest BCUT2D eigenvalue weighted by Gasteiger charge is 2.14. The molecule has 0 unspecified atom stereocenters. The van der Waals surface area contributed by atoms with Crippen LogP contribution in [0.1, 0.15) is 26.2 Å². The normalized spacial score (nSPS) is 12.0. The van der Waals surface area contributed by atoms with Crippen LogP contribution >= 0.6 is 0 Å². The number of unbranched alkanes of at least 4 members (excludes halogenated alkanes) is 1. The lowest BCUT2D eigenvalue weighted by Gasteiger charge is -2.21. The molecule has 0 aliphatic heterocycles. The van der Waals surface area contributed by atoms with Crippen molar-refractivity contribution in [3.05, 3.63) is 13.3 Å². The minimum Gasteiger partial charge on any atom is -0.313 e. The van der Waals surface area contributed by atoms with Gasteiger partial charge in [-0.3, -0.25) is 0 Å². The molecule has 0 atom stereocenters. The smallest absolute Gasteiger partial charge is 0.0666 e. The van der Waals surface area contributed by atoms with Crippen molar-refractivity contribution >= 4 is 0 Å². The summed E-state index contributed by atoms with van der Waals surface area (Å²) in [4.78, 5) is 0. The van der Waals surface area contributed by atoms with Crippen molar-refractivity contribution in [2.75, 3.05) is 0 Å². The summed E-state index contributed by atoms with van der Waals surface area (Å²) in [7, 11) is 0. The first-order valence-electron chi connectivity index (χ1n) is 3.33. The Hall–Kier alpha value is -0.0800. The quantitative estimate of drug-likeness (QED) is 0.551. The molecule has 0 aromatic rings. The fourth-order valence-corrected chi connectivity index (χ4v) is 0.515. The number of hydrogen-bond donors (Lipinski definition) is 2. The summed E-state index contributed by atoms with van der Waals surface area (Å²) in [6, 6.07) is 0. The Morgan fingerprint density at radius 3 is 2.44 bits per heavy atom. The van der Waals surface area contributed by atoms with Crippen LogP contribution in [-0.4, -0.2) is 5.66 Å². The second kappa shape index (κ2) is 3.85. The van der Waals surface area contributed by atoms with Gasteiger partial charge in [-0.25, -0.2) is 0 Å². The minimum absolute atomic E-state index is 0.572. The Balaban J connectivity index is 3.33. The Labute approximate surface area is 57.6 Å². The third kappa shape index (κ3) is 4.43. The zero-order chi connectivity index (χ0) is 7.33. The number of rotatable bonds is 4. The van der Waals surface area contributed by atoms with E-state index in [1.54, 1.807) is 0 Å². The van der Waals surface area contributed by atoms with Crippen molar-refractivity contribution < 1.29 is 0 Å². The predicted molar refractivity (Wildman–Crippen MR) is 40.3 cm³/mol. The highest BCUT2D eigenvalue weighted by atomic mass is 14.9. The van der Waals surface area contributed by atoms with Crippen molar-refractivity contribution in [2.24, 2.45) is 11.5 Å². The van der Waals surface area contributed by atoms with Crippen molar-refractivity contribution in [3.8, 4) is 0 Å². The predicted octanol–water partition coefficient (Wildman–Crippen LogP) is 0.829. The molecular formula is C7H16N2. The van der Waals surface area contributed by atoms with Gasteiger partial charge in [-0.15, -0.1) is 0 Å². The van der Waals surface area contributed by atoms with E-state index in [0.29, 0.717) is 0 Å². The Morgan fingerprint density at radius 2 is 2.11 bits per heavy atom. The van der Waals surface area contributed by atoms with Gasteiger partial charge in [0.2, 0.25) is 0 Å². The molecule has 0 aromatic carbocycles. The molecule has 4 N–H and O–H groups in total. The van der Waals surface area contributed by atoms with Crippen LogP contribution in [0.2, 0.25) is 0 Å². The molecule has 2 heteroatoms. The van der Waals surface area contributed by atoms with Gasteiger partial charge in [-0.05, 0) is 19.3 Å². The maximum Gasteiger partial charge on any atom is 0.0666 e. The maximum atomic E-state index is 5.60. The molecule has 0 bridgehead atoms. The first-order chi connectivity index (χ1) is 4.12. The van der Waals surface area contributed by atoms with Crippen molar-refractivity contribution in [1.82, 2.24) is 0 Å². The van der Waals surface area contributed by atoms with Gasteiger partial charge in [0, 0.05) is 0 Å². The van der Waals surface area contributed by atoms with Gasteiger partial charge in [0.25, 0.3) is 0 Å². The molecule has 0 saturated carbocycles. The summed E-state index contributed by atoms with van der Waals surface area (Å²) in [5, 5.41) is 0. The largest absolute Gasteiger partial charge is 0.313 e. The lowest BCUT2D eigenvalue weighted by Crippen LogP contribution is -2.48. The minimum atomic E-state index is -0.572. The van der Waals surface area contributed by atoms with Crippen LogP contribution in [0.15, 0.2) is 0 Å². The van der Waals surface area contributed by atoms with Gasteiger partial charge in [-0.2, -0.15) is 0 Å². The van der Waals surface area contributed by atoms with Crippen LogP contribution in [0.3, 0.4) is 0 Å².